The van der Waals surface area contributed by atoms with Gasteiger partial charge in [0, 0.05) is 5.16 Å². The zero-order valence-electron chi connectivity index (χ0n) is 5.10. The van der Waals surface area contributed by atoms with Crippen LogP contribution in [0.25, 0.3) is 0 Å². The van der Waals surface area contributed by atoms with Crippen molar-refractivity contribution in [3.8, 4) is 0 Å². The molecule has 0 radical (unpaired) electrons. The first kappa shape index (κ1) is 7.39. The maximum absolute atomic E-state index is 8.87. The lowest BCUT2D eigenvalue weighted by Crippen LogP contribution is -2.25. The molecule has 0 saturated heterocycles. The second kappa shape index (κ2) is 2.11. The molecule has 2 atom stereocenters. The lowest BCUT2D eigenvalue weighted by molar-refractivity contribution is 0.161. The average molecular weight is 120 g/mol. The largest absolute Gasteiger partial charge is 0.393 e. The van der Waals surface area contributed by atoms with E-state index in [1.807, 2.05) is 13.8 Å². The van der Waals surface area contributed by atoms with Crippen LogP contribution in [-0.4, -0.2) is 16.4 Å². The predicted octanol–water partition coefficient (Wildman–Crippen LogP) is 1.02. The Kier molecular flexibility index (Phi) is 2.22. The van der Waals surface area contributed by atoms with Crippen molar-refractivity contribution in [1.29, 1.82) is 0 Å². The first-order valence-corrected chi connectivity index (χ1v) is 2.99. The summed E-state index contributed by atoms with van der Waals surface area (Å²) >= 11 is 0. The van der Waals surface area contributed by atoms with Gasteiger partial charge in [-0.1, -0.05) is 13.8 Å². The number of aliphatic hydroxyl groups excluding tert-OH is 1. The van der Waals surface area contributed by atoms with Gasteiger partial charge in [0.15, 0.2) is 0 Å². The summed E-state index contributed by atoms with van der Waals surface area (Å²) in [5.74, 6) is 0. The van der Waals surface area contributed by atoms with E-state index in [0.29, 0.717) is 0 Å². The molecule has 1 nitrogen and oxygen atoms in total. The Morgan fingerprint density at radius 2 is 1.71 bits per heavy atom. The SMILES string of the molecule is CC(O)C(C)(C)P. The van der Waals surface area contributed by atoms with Gasteiger partial charge in [-0.15, -0.1) is 9.24 Å². The van der Waals surface area contributed by atoms with Crippen LogP contribution in [0.4, 0.5) is 0 Å². The summed E-state index contributed by atoms with van der Waals surface area (Å²) in [6, 6.07) is 0. The van der Waals surface area contributed by atoms with Gasteiger partial charge in [0.1, 0.15) is 0 Å². The monoisotopic (exact) mass is 120 g/mol. The Labute approximate surface area is 47.3 Å². The first-order chi connectivity index (χ1) is 2.94. The van der Waals surface area contributed by atoms with Crippen LogP contribution in [0.1, 0.15) is 20.8 Å². The van der Waals surface area contributed by atoms with Crippen LogP contribution in [-0.2, 0) is 0 Å². The minimum atomic E-state index is -0.238. The van der Waals surface area contributed by atoms with Gasteiger partial charge in [-0.25, -0.2) is 0 Å². The van der Waals surface area contributed by atoms with Crippen molar-refractivity contribution < 1.29 is 5.11 Å². The highest BCUT2D eigenvalue weighted by molar-refractivity contribution is 7.18. The molecule has 0 fully saturated rings. The third-order valence-corrected chi connectivity index (χ3v) is 1.56. The maximum atomic E-state index is 8.87. The van der Waals surface area contributed by atoms with E-state index in [1.165, 1.54) is 0 Å². The zero-order valence-corrected chi connectivity index (χ0v) is 6.26. The Bertz CT molecular complexity index is 53.6. The van der Waals surface area contributed by atoms with Crippen molar-refractivity contribution in [2.24, 2.45) is 0 Å². The van der Waals surface area contributed by atoms with Crippen LogP contribution in [0.5, 0.6) is 0 Å². The third-order valence-electron chi connectivity index (χ3n) is 1.08. The molecule has 0 aliphatic rings. The molecule has 2 unspecified atom stereocenters. The molecule has 0 bridgehead atoms. The van der Waals surface area contributed by atoms with Gasteiger partial charge >= 0.3 is 0 Å². The number of aliphatic hydroxyl groups is 1. The Morgan fingerprint density at radius 3 is 1.71 bits per heavy atom. The van der Waals surface area contributed by atoms with Crippen LogP contribution in [0.2, 0.25) is 0 Å². The van der Waals surface area contributed by atoms with Crippen molar-refractivity contribution in [1.82, 2.24) is 0 Å². The molecule has 0 heterocycles. The fourth-order valence-electron chi connectivity index (χ4n) is 0. The van der Waals surface area contributed by atoms with E-state index in [1.54, 1.807) is 6.92 Å². The van der Waals surface area contributed by atoms with Crippen molar-refractivity contribution in [2.75, 3.05) is 0 Å². The highest BCUT2D eigenvalue weighted by atomic mass is 31.0. The molecule has 0 aliphatic carbocycles. The fourth-order valence-corrected chi connectivity index (χ4v) is 0. The molecule has 0 aromatic carbocycles. The normalized spacial score (nSPS) is 16.7. The quantitative estimate of drug-likeness (QED) is 0.512. The van der Waals surface area contributed by atoms with Gasteiger partial charge in [0.25, 0.3) is 0 Å². The van der Waals surface area contributed by atoms with E-state index in [-0.39, 0.29) is 11.3 Å². The van der Waals surface area contributed by atoms with E-state index in [0.717, 1.165) is 0 Å². The minimum absolute atomic E-state index is 0.0278. The molecular formula is C5H13OP. The number of rotatable bonds is 1. The Morgan fingerprint density at radius 1 is 1.57 bits per heavy atom. The molecule has 7 heavy (non-hydrogen) atoms. The Hall–Kier alpha value is 0.390. The summed E-state index contributed by atoms with van der Waals surface area (Å²) in [6.07, 6.45) is -0.238. The number of hydrogen-bond donors (Lipinski definition) is 1. The highest BCUT2D eigenvalue weighted by Crippen LogP contribution is 2.19. The second-order valence-electron chi connectivity index (χ2n) is 2.50. The molecule has 0 spiro atoms. The second-order valence-corrected chi connectivity index (χ2v) is 3.99. The molecule has 0 amide bonds. The summed E-state index contributed by atoms with van der Waals surface area (Å²) in [6.45, 7) is 5.73. The molecule has 0 rings (SSSR count). The lowest BCUT2D eigenvalue weighted by atomic mass is 10.1. The molecule has 1 N–H and O–H groups in total. The van der Waals surface area contributed by atoms with Crippen LogP contribution in [0.3, 0.4) is 0 Å². The van der Waals surface area contributed by atoms with E-state index in [2.05, 4.69) is 9.24 Å². The van der Waals surface area contributed by atoms with E-state index in [4.69, 9.17) is 5.11 Å². The molecule has 0 aromatic heterocycles. The molecule has 0 saturated carbocycles. The summed E-state index contributed by atoms with van der Waals surface area (Å²) < 4.78 is 0. The van der Waals surface area contributed by atoms with Crippen LogP contribution < -0.4 is 0 Å². The zero-order chi connectivity index (χ0) is 6.08. The van der Waals surface area contributed by atoms with Crippen molar-refractivity contribution >= 4 is 9.24 Å². The molecule has 44 valence electrons. The van der Waals surface area contributed by atoms with Crippen molar-refractivity contribution in [3.05, 3.63) is 0 Å². The average Bonchev–Trinajstić information content (AvgIpc) is 1.31. The van der Waals surface area contributed by atoms with E-state index >= 15 is 0 Å². The molecule has 0 aliphatic heterocycles. The molecule has 0 aromatic rings. The first-order valence-electron chi connectivity index (χ1n) is 2.41. The van der Waals surface area contributed by atoms with E-state index in [9.17, 15) is 0 Å². The standard InChI is InChI=1S/C5H13OP/c1-4(6)5(2,3)7/h4,6H,7H2,1-3H3. The molecule has 2 heteroatoms. The van der Waals surface area contributed by atoms with Gasteiger partial charge in [-0.3, -0.25) is 0 Å². The van der Waals surface area contributed by atoms with Crippen LogP contribution in [0.15, 0.2) is 0 Å². The van der Waals surface area contributed by atoms with Gasteiger partial charge in [0.2, 0.25) is 0 Å². The van der Waals surface area contributed by atoms with Gasteiger partial charge in [0.05, 0.1) is 6.10 Å². The van der Waals surface area contributed by atoms with Crippen LogP contribution >= 0.6 is 9.24 Å². The third kappa shape index (κ3) is 3.02. The predicted molar refractivity (Wildman–Crippen MR) is 35.5 cm³/mol. The van der Waals surface area contributed by atoms with E-state index < -0.39 is 0 Å². The minimum Gasteiger partial charge on any atom is -0.393 e. The van der Waals surface area contributed by atoms with Crippen LogP contribution in [0, 0.1) is 0 Å². The van der Waals surface area contributed by atoms with Gasteiger partial charge in [-0.2, -0.15) is 0 Å². The smallest absolute Gasteiger partial charge is 0.0597 e. The maximum Gasteiger partial charge on any atom is 0.0597 e. The number of hydrogen-bond acceptors (Lipinski definition) is 1. The fraction of sp³-hybridized carbons (Fsp3) is 1.00. The topological polar surface area (TPSA) is 20.2 Å². The summed E-state index contributed by atoms with van der Waals surface area (Å²) in [5.41, 5.74) is 0. The Balaban J connectivity index is 3.54. The lowest BCUT2D eigenvalue weighted by Gasteiger charge is -2.20. The molecular weight excluding hydrogens is 107 g/mol. The van der Waals surface area contributed by atoms with Crippen molar-refractivity contribution in [3.63, 3.8) is 0 Å². The summed E-state index contributed by atoms with van der Waals surface area (Å²) in [5, 5.41) is 8.84. The summed E-state index contributed by atoms with van der Waals surface area (Å²) in [4.78, 5) is 0. The summed E-state index contributed by atoms with van der Waals surface area (Å²) in [7, 11) is 2.58. The highest BCUT2D eigenvalue weighted by Gasteiger charge is 2.16. The van der Waals surface area contributed by atoms with Gasteiger partial charge < -0.3 is 5.11 Å². The van der Waals surface area contributed by atoms with Crippen molar-refractivity contribution in [2.45, 2.75) is 32.0 Å². The van der Waals surface area contributed by atoms with Gasteiger partial charge in [-0.05, 0) is 6.92 Å².